The molecule has 9 nitrogen and oxygen atoms in total. The molecule has 1 N–H and O–H groups in total. The van der Waals surface area contributed by atoms with Crippen molar-refractivity contribution in [2.75, 3.05) is 71.7 Å². The third-order valence-corrected chi connectivity index (χ3v) is 6.24. The summed E-state index contributed by atoms with van der Waals surface area (Å²) in [5.74, 6) is 1.69. The van der Waals surface area contributed by atoms with Gasteiger partial charge < -0.3 is 24.4 Å². The van der Waals surface area contributed by atoms with Crippen molar-refractivity contribution < 1.29 is 19.0 Å². The zero-order valence-electron chi connectivity index (χ0n) is 20.8. The average Bonchev–Trinajstić information content (AvgIpc) is 3.22. The lowest BCUT2D eigenvalue weighted by atomic mass is 10.2. The first-order chi connectivity index (χ1) is 17.1. The van der Waals surface area contributed by atoms with Crippen molar-refractivity contribution in [1.29, 1.82) is 0 Å². The van der Waals surface area contributed by atoms with Gasteiger partial charge in [0.05, 0.1) is 38.2 Å². The second kappa shape index (κ2) is 12.0. The molecule has 0 atom stereocenters. The number of aromatic nitrogens is 2. The van der Waals surface area contributed by atoms with E-state index in [-0.39, 0.29) is 5.91 Å². The van der Waals surface area contributed by atoms with Crippen molar-refractivity contribution in [2.24, 2.45) is 0 Å². The first-order valence-electron chi connectivity index (χ1n) is 12.0. The van der Waals surface area contributed by atoms with Gasteiger partial charge in [-0.05, 0) is 36.8 Å². The predicted molar refractivity (Wildman–Crippen MR) is 135 cm³/mol. The number of nitrogens with zero attached hydrogens (tertiary/aromatic N) is 4. The third kappa shape index (κ3) is 6.30. The van der Waals surface area contributed by atoms with Gasteiger partial charge in [0.2, 0.25) is 0 Å². The summed E-state index contributed by atoms with van der Waals surface area (Å²) in [6, 6.07) is 11.8. The van der Waals surface area contributed by atoms with Crippen LogP contribution in [-0.2, 0) is 16.0 Å². The number of benzene rings is 1. The molecule has 188 valence electrons. The van der Waals surface area contributed by atoms with E-state index >= 15 is 0 Å². The van der Waals surface area contributed by atoms with Gasteiger partial charge in [0.15, 0.2) is 0 Å². The Balaban J connectivity index is 1.53. The minimum Gasteiger partial charge on any atom is -0.497 e. The molecule has 1 aromatic carbocycles. The first-order valence-corrected chi connectivity index (χ1v) is 12.0. The Morgan fingerprint density at radius 3 is 2.63 bits per heavy atom. The number of amides is 1. The molecule has 4 rings (SSSR count). The molecule has 9 heteroatoms. The molecule has 3 heterocycles. The largest absolute Gasteiger partial charge is 0.497 e. The summed E-state index contributed by atoms with van der Waals surface area (Å²) in [6.07, 6.45) is 1.88. The van der Waals surface area contributed by atoms with Gasteiger partial charge in [-0.25, -0.2) is 4.98 Å². The summed E-state index contributed by atoms with van der Waals surface area (Å²) in [7, 11) is 3.37. The van der Waals surface area contributed by atoms with Crippen LogP contribution >= 0.6 is 0 Å². The van der Waals surface area contributed by atoms with E-state index in [0.29, 0.717) is 31.8 Å². The van der Waals surface area contributed by atoms with E-state index in [9.17, 15) is 4.79 Å². The molecule has 1 amide bonds. The van der Waals surface area contributed by atoms with E-state index < -0.39 is 0 Å². The number of pyridine rings is 1. The summed E-state index contributed by atoms with van der Waals surface area (Å²) in [5.41, 5.74) is 3.46. The molecule has 0 saturated carbocycles. The molecule has 1 saturated heterocycles. The molecule has 1 fully saturated rings. The molecule has 0 bridgehead atoms. The zero-order valence-corrected chi connectivity index (χ0v) is 20.8. The standard InChI is InChI=1S/C26H35N5O4/c1-20-26(30(14-15-33-2)18-21-4-7-23(34-3)8-5-21)31-19-22(6-9-24(31)28-20)25(32)27-10-11-29-12-16-35-17-13-29/h4-9,19H,10-18H2,1-3H3,(H,27,32). The number of hydrogen-bond donors (Lipinski definition) is 1. The molecule has 35 heavy (non-hydrogen) atoms. The van der Waals surface area contributed by atoms with Crippen LogP contribution in [0.25, 0.3) is 5.65 Å². The Morgan fingerprint density at radius 2 is 1.91 bits per heavy atom. The van der Waals surface area contributed by atoms with Crippen molar-refractivity contribution in [2.45, 2.75) is 13.5 Å². The molecule has 0 radical (unpaired) electrons. The maximum Gasteiger partial charge on any atom is 0.252 e. The monoisotopic (exact) mass is 481 g/mol. The summed E-state index contributed by atoms with van der Waals surface area (Å²) < 4.78 is 18.1. The number of rotatable bonds is 11. The molecule has 0 aliphatic carbocycles. The van der Waals surface area contributed by atoms with Gasteiger partial charge in [-0.3, -0.25) is 14.1 Å². The Hall–Kier alpha value is -3.14. The Labute approximate surface area is 206 Å². The number of aryl methyl sites for hydroxylation is 1. The van der Waals surface area contributed by atoms with Gasteiger partial charge in [0.1, 0.15) is 17.2 Å². The van der Waals surface area contributed by atoms with Gasteiger partial charge in [0, 0.05) is 52.6 Å². The van der Waals surface area contributed by atoms with Crippen LogP contribution in [0.3, 0.4) is 0 Å². The smallest absolute Gasteiger partial charge is 0.252 e. The summed E-state index contributed by atoms with van der Waals surface area (Å²) in [5, 5.41) is 3.05. The number of anilines is 1. The van der Waals surface area contributed by atoms with Crippen LogP contribution in [0.1, 0.15) is 21.6 Å². The highest BCUT2D eigenvalue weighted by Crippen LogP contribution is 2.25. The number of fused-ring (bicyclic) bond motifs is 1. The fourth-order valence-corrected chi connectivity index (χ4v) is 4.33. The van der Waals surface area contributed by atoms with Crippen molar-refractivity contribution in [1.82, 2.24) is 19.6 Å². The van der Waals surface area contributed by atoms with Crippen LogP contribution in [0, 0.1) is 6.92 Å². The van der Waals surface area contributed by atoms with E-state index in [1.165, 1.54) is 0 Å². The Kier molecular flexibility index (Phi) is 8.57. The molecule has 1 aliphatic rings. The van der Waals surface area contributed by atoms with Gasteiger partial charge in [-0.1, -0.05) is 12.1 Å². The lowest BCUT2D eigenvalue weighted by molar-refractivity contribution is 0.0383. The van der Waals surface area contributed by atoms with Crippen molar-refractivity contribution in [3.05, 3.63) is 59.4 Å². The fraction of sp³-hybridized carbons (Fsp3) is 0.462. The SMILES string of the molecule is COCCN(Cc1ccc(OC)cc1)c1c(C)nc2ccc(C(=O)NCCN3CCOCC3)cn12. The molecule has 0 spiro atoms. The second-order valence-corrected chi connectivity index (χ2v) is 8.64. The van der Waals surface area contributed by atoms with Crippen LogP contribution < -0.4 is 15.0 Å². The van der Waals surface area contributed by atoms with Crippen LogP contribution in [0.4, 0.5) is 5.82 Å². The van der Waals surface area contributed by atoms with E-state index in [1.54, 1.807) is 14.2 Å². The summed E-state index contributed by atoms with van der Waals surface area (Å²) >= 11 is 0. The summed E-state index contributed by atoms with van der Waals surface area (Å²) in [6.45, 7) is 8.68. The number of imidazole rings is 1. The van der Waals surface area contributed by atoms with Crippen molar-refractivity contribution in [3.8, 4) is 5.75 Å². The lowest BCUT2D eigenvalue weighted by Gasteiger charge is -2.26. The number of nitrogens with one attached hydrogen (secondary N) is 1. The number of ether oxygens (including phenoxy) is 3. The normalized spacial score (nSPS) is 14.3. The van der Waals surface area contributed by atoms with Crippen molar-refractivity contribution in [3.63, 3.8) is 0 Å². The average molecular weight is 482 g/mol. The number of hydrogen-bond acceptors (Lipinski definition) is 7. The Bertz CT molecular complexity index is 1110. The molecular weight excluding hydrogens is 446 g/mol. The van der Waals surface area contributed by atoms with Gasteiger partial charge in [0.25, 0.3) is 5.91 Å². The molecule has 3 aromatic rings. The van der Waals surface area contributed by atoms with Crippen LogP contribution in [0.15, 0.2) is 42.6 Å². The Morgan fingerprint density at radius 1 is 1.14 bits per heavy atom. The van der Waals surface area contributed by atoms with Gasteiger partial charge >= 0.3 is 0 Å². The molecule has 1 aliphatic heterocycles. The van der Waals surface area contributed by atoms with Crippen LogP contribution in [0.5, 0.6) is 5.75 Å². The number of carbonyl (C=O) groups excluding carboxylic acids is 1. The van der Waals surface area contributed by atoms with Gasteiger partial charge in [-0.15, -0.1) is 0 Å². The molecule has 2 aromatic heterocycles. The second-order valence-electron chi connectivity index (χ2n) is 8.64. The van der Waals surface area contributed by atoms with E-state index in [2.05, 4.69) is 27.2 Å². The van der Waals surface area contributed by atoms with Crippen LogP contribution in [0.2, 0.25) is 0 Å². The predicted octanol–water partition coefficient (Wildman–Crippen LogP) is 2.37. The minimum atomic E-state index is -0.0870. The quantitative estimate of drug-likeness (QED) is 0.450. The topological polar surface area (TPSA) is 80.6 Å². The third-order valence-electron chi connectivity index (χ3n) is 6.24. The van der Waals surface area contributed by atoms with E-state index in [4.69, 9.17) is 19.2 Å². The number of carbonyl (C=O) groups is 1. The summed E-state index contributed by atoms with van der Waals surface area (Å²) in [4.78, 5) is 22.2. The fourth-order valence-electron chi connectivity index (χ4n) is 4.33. The van der Waals surface area contributed by atoms with Crippen LogP contribution in [-0.4, -0.2) is 87.0 Å². The highest BCUT2D eigenvalue weighted by atomic mass is 16.5. The first kappa shape index (κ1) is 25.0. The van der Waals surface area contributed by atoms with Crippen molar-refractivity contribution >= 4 is 17.4 Å². The minimum absolute atomic E-state index is 0.0870. The van der Waals surface area contributed by atoms with E-state index in [1.807, 2.05) is 41.8 Å². The lowest BCUT2D eigenvalue weighted by Crippen LogP contribution is -2.41. The molecular formula is C26H35N5O4. The number of morpholine rings is 1. The highest BCUT2D eigenvalue weighted by molar-refractivity contribution is 5.94. The molecule has 0 unspecified atom stereocenters. The maximum absolute atomic E-state index is 12.9. The highest BCUT2D eigenvalue weighted by Gasteiger charge is 2.18. The maximum atomic E-state index is 12.9. The zero-order chi connectivity index (χ0) is 24.6. The van der Waals surface area contributed by atoms with Gasteiger partial charge in [-0.2, -0.15) is 0 Å². The number of methoxy groups -OCH3 is 2. The van der Waals surface area contributed by atoms with E-state index in [0.717, 1.165) is 61.3 Å².